The van der Waals surface area contributed by atoms with Gasteiger partial charge in [0.1, 0.15) is 0 Å². The molecule has 2 rings (SSSR count). The second-order valence-corrected chi connectivity index (χ2v) is 3.60. The fraction of sp³-hybridized carbons (Fsp3) is 0.154. The molecule has 0 bridgehead atoms. The van der Waals surface area contributed by atoms with Crippen LogP contribution in [0.5, 0.6) is 0 Å². The molecule has 0 saturated carbocycles. The van der Waals surface area contributed by atoms with Crippen molar-refractivity contribution in [2.45, 2.75) is 13.5 Å². The molecule has 0 unspecified atom stereocenters. The van der Waals surface area contributed by atoms with Gasteiger partial charge in [0.2, 0.25) is 0 Å². The third kappa shape index (κ3) is 3.70. The zero-order valence-electron chi connectivity index (χ0n) is 9.59. The van der Waals surface area contributed by atoms with Gasteiger partial charge in [-0.05, 0) is 24.1 Å². The van der Waals surface area contributed by atoms with Gasteiger partial charge in [0, 0.05) is 24.5 Å². The van der Waals surface area contributed by atoms with E-state index < -0.39 is 0 Å². The Morgan fingerprint density at radius 2 is 1.71 bits per heavy atom. The molecule has 0 aliphatic heterocycles. The first kappa shape index (κ1) is 15.9. The Bertz CT molecular complexity index is 455. The van der Waals surface area contributed by atoms with Gasteiger partial charge in [-0.15, -0.1) is 24.8 Å². The summed E-state index contributed by atoms with van der Waals surface area (Å²) in [7, 11) is 0. The van der Waals surface area contributed by atoms with E-state index in [0.29, 0.717) is 6.54 Å². The number of aryl methyl sites for hydroxylation is 1. The molecule has 0 spiro atoms. The summed E-state index contributed by atoms with van der Waals surface area (Å²) in [6.07, 6.45) is 3.65. The maximum Gasteiger partial charge on any atom is 0.0349 e. The van der Waals surface area contributed by atoms with Crippen LogP contribution in [0.15, 0.2) is 42.7 Å². The molecule has 4 heteroatoms. The van der Waals surface area contributed by atoms with Crippen LogP contribution in [0.4, 0.5) is 0 Å². The van der Waals surface area contributed by atoms with Crippen molar-refractivity contribution in [1.82, 2.24) is 4.98 Å². The van der Waals surface area contributed by atoms with Crippen LogP contribution in [0.1, 0.15) is 11.1 Å². The molecule has 0 fully saturated rings. The van der Waals surface area contributed by atoms with Crippen LogP contribution in [-0.4, -0.2) is 4.98 Å². The first-order chi connectivity index (χ1) is 7.31. The van der Waals surface area contributed by atoms with Gasteiger partial charge in [-0.25, -0.2) is 0 Å². The molecule has 0 amide bonds. The Morgan fingerprint density at radius 3 is 2.29 bits per heavy atom. The van der Waals surface area contributed by atoms with Crippen LogP contribution in [0.25, 0.3) is 11.1 Å². The van der Waals surface area contributed by atoms with Crippen molar-refractivity contribution in [3.63, 3.8) is 0 Å². The molecule has 1 aromatic carbocycles. The molecule has 2 nitrogen and oxygen atoms in total. The SMILES string of the molecule is Cc1ccc(-c2cnccc2CN)cc1.Cl.Cl. The zero-order chi connectivity index (χ0) is 10.7. The van der Waals surface area contributed by atoms with E-state index in [2.05, 4.69) is 36.2 Å². The molecule has 0 aliphatic carbocycles. The predicted octanol–water partition coefficient (Wildman–Crippen LogP) is 3.36. The number of hydrogen-bond acceptors (Lipinski definition) is 2. The van der Waals surface area contributed by atoms with Crippen LogP contribution in [0, 0.1) is 6.92 Å². The molecule has 0 aliphatic rings. The van der Waals surface area contributed by atoms with Gasteiger partial charge in [-0.3, -0.25) is 4.98 Å². The van der Waals surface area contributed by atoms with Gasteiger partial charge in [-0.1, -0.05) is 29.8 Å². The highest BCUT2D eigenvalue weighted by atomic mass is 35.5. The third-order valence-corrected chi connectivity index (χ3v) is 2.49. The second-order valence-electron chi connectivity index (χ2n) is 3.60. The molecule has 0 saturated heterocycles. The number of halogens is 2. The molecular formula is C13H16Cl2N2. The summed E-state index contributed by atoms with van der Waals surface area (Å²) in [5.74, 6) is 0. The number of aromatic nitrogens is 1. The summed E-state index contributed by atoms with van der Waals surface area (Å²) in [6, 6.07) is 10.4. The number of nitrogens with two attached hydrogens (primary N) is 1. The van der Waals surface area contributed by atoms with Crippen LogP contribution < -0.4 is 5.73 Å². The summed E-state index contributed by atoms with van der Waals surface area (Å²) in [5.41, 5.74) is 10.4. The van der Waals surface area contributed by atoms with E-state index in [1.807, 2.05) is 12.3 Å². The Kier molecular flexibility index (Phi) is 6.81. The number of hydrogen-bond donors (Lipinski definition) is 1. The Labute approximate surface area is 114 Å². The Morgan fingerprint density at radius 1 is 1.06 bits per heavy atom. The minimum absolute atomic E-state index is 0. The van der Waals surface area contributed by atoms with Crippen molar-refractivity contribution in [1.29, 1.82) is 0 Å². The monoisotopic (exact) mass is 270 g/mol. The number of rotatable bonds is 2. The van der Waals surface area contributed by atoms with E-state index in [9.17, 15) is 0 Å². The Balaban J connectivity index is 0.00000128. The maximum atomic E-state index is 5.69. The first-order valence-electron chi connectivity index (χ1n) is 5.01. The van der Waals surface area contributed by atoms with Crippen LogP contribution >= 0.6 is 24.8 Å². The molecule has 0 radical (unpaired) electrons. The van der Waals surface area contributed by atoms with Crippen molar-refractivity contribution in [3.05, 3.63) is 53.9 Å². The van der Waals surface area contributed by atoms with Crippen LogP contribution in [0.3, 0.4) is 0 Å². The number of nitrogens with zero attached hydrogens (tertiary/aromatic N) is 1. The van der Waals surface area contributed by atoms with Crippen molar-refractivity contribution in [2.24, 2.45) is 5.73 Å². The minimum Gasteiger partial charge on any atom is -0.326 e. The molecule has 1 heterocycles. The van der Waals surface area contributed by atoms with Crippen LogP contribution in [0.2, 0.25) is 0 Å². The highest BCUT2D eigenvalue weighted by Gasteiger charge is 2.02. The summed E-state index contributed by atoms with van der Waals surface area (Å²) in [4.78, 5) is 4.14. The molecule has 2 N–H and O–H groups in total. The third-order valence-electron chi connectivity index (χ3n) is 2.49. The zero-order valence-corrected chi connectivity index (χ0v) is 11.2. The standard InChI is InChI=1S/C13H14N2.2ClH/c1-10-2-4-11(5-3-10)13-9-15-7-6-12(13)8-14;;/h2-7,9H,8,14H2,1H3;2*1H. The van der Waals surface area contributed by atoms with E-state index in [4.69, 9.17) is 5.73 Å². The fourth-order valence-corrected chi connectivity index (χ4v) is 1.59. The molecule has 2 aromatic rings. The molecule has 92 valence electrons. The second kappa shape index (κ2) is 7.28. The van der Waals surface area contributed by atoms with E-state index >= 15 is 0 Å². The summed E-state index contributed by atoms with van der Waals surface area (Å²) in [5, 5.41) is 0. The predicted molar refractivity (Wildman–Crippen MR) is 76.8 cm³/mol. The number of pyridine rings is 1. The average molecular weight is 271 g/mol. The van der Waals surface area contributed by atoms with Crippen molar-refractivity contribution in [2.75, 3.05) is 0 Å². The number of benzene rings is 1. The van der Waals surface area contributed by atoms with E-state index in [1.165, 1.54) is 11.1 Å². The largest absolute Gasteiger partial charge is 0.326 e. The fourth-order valence-electron chi connectivity index (χ4n) is 1.59. The normalized spacial score (nSPS) is 9.06. The topological polar surface area (TPSA) is 38.9 Å². The van der Waals surface area contributed by atoms with Crippen molar-refractivity contribution in [3.8, 4) is 11.1 Å². The lowest BCUT2D eigenvalue weighted by Gasteiger charge is -2.06. The lowest BCUT2D eigenvalue weighted by atomic mass is 10.0. The van der Waals surface area contributed by atoms with Gasteiger partial charge in [0.25, 0.3) is 0 Å². The van der Waals surface area contributed by atoms with E-state index in [0.717, 1.165) is 11.1 Å². The lowest BCUT2D eigenvalue weighted by molar-refractivity contribution is 1.06. The van der Waals surface area contributed by atoms with Crippen molar-refractivity contribution >= 4 is 24.8 Å². The summed E-state index contributed by atoms with van der Waals surface area (Å²) >= 11 is 0. The highest BCUT2D eigenvalue weighted by molar-refractivity contribution is 5.85. The average Bonchev–Trinajstić information content (AvgIpc) is 2.30. The van der Waals surface area contributed by atoms with Gasteiger partial charge >= 0.3 is 0 Å². The van der Waals surface area contributed by atoms with Gasteiger partial charge in [-0.2, -0.15) is 0 Å². The first-order valence-corrected chi connectivity index (χ1v) is 5.01. The molecule has 1 aromatic heterocycles. The van der Waals surface area contributed by atoms with Crippen LogP contribution in [-0.2, 0) is 6.54 Å². The van der Waals surface area contributed by atoms with Gasteiger partial charge < -0.3 is 5.73 Å². The maximum absolute atomic E-state index is 5.69. The minimum atomic E-state index is 0. The van der Waals surface area contributed by atoms with Gasteiger partial charge in [0.15, 0.2) is 0 Å². The molecule has 17 heavy (non-hydrogen) atoms. The highest BCUT2D eigenvalue weighted by Crippen LogP contribution is 2.22. The smallest absolute Gasteiger partial charge is 0.0349 e. The quantitative estimate of drug-likeness (QED) is 0.909. The molecular weight excluding hydrogens is 255 g/mol. The van der Waals surface area contributed by atoms with Crippen molar-refractivity contribution < 1.29 is 0 Å². The molecule has 0 atom stereocenters. The van der Waals surface area contributed by atoms with Gasteiger partial charge in [0.05, 0.1) is 0 Å². The van der Waals surface area contributed by atoms with E-state index in [-0.39, 0.29) is 24.8 Å². The summed E-state index contributed by atoms with van der Waals surface area (Å²) < 4.78 is 0. The van der Waals surface area contributed by atoms with E-state index in [1.54, 1.807) is 6.20 Å². The summed E-state index contributed by atoms with van der Waals surface area (Å²) in [6.45, 7) is 2.63. The lowest BCUT2D eigenvalue weighted by Crippen LogP contribution is -1.99. The Hall–Kier alpha value is -1.09.